The lowest BCUT2D eigenvalue weighted by Crippen LogP contribution is -2.57. The van der Waals surface area contributed by atoms with Gasteiger partial charge in [-0.25, -0.2) is 13.4 Å². The number of nitrogens with zero attached hydrogens (tertiary/aromatic N) is 4. The Kier molecular flexibility index (Phi) is 4.57. The first-order valence-corrected chi connectivity index (χ1v) is 11.2. The summed E-state index contributed by atoms with van der Waals surface area (Å²) in [6, 6.07) is 8.44. The maximum atomic E-state index is 12.2. The Hall–Kier alpha value is -1.44. The number of imidazole rings is 1. The summed E-state index contributed by atoms with van der Waals surface area (Å²) in [6.45, 7) is 7.86. The molecule has 0 N–H and O–H groups in total. The van der Waals surface area contributed by atoms with E-state index in [1.54, 1.807) is 0 Å². The van der Waals surface area contributed by atoms with E-state index in [0.717, 1.165) is 31.0 Å². The van der Waals surface area contributed by atoms with Crippen LogP contribution in [0.25, 0.3) is 11.0 Å². The number of fused-ring (bicyclic) bond motifs is 2. The van der Waals surface area contributed by atoms with E-state index in [1.165, 1.54) is 5.52 Å². The summed E-state index contributed by atoms with van der Waals surface area (Å²) in [4.78, 5) is 9.44. The highest BCUT2D eigenvalue weighted by atomic mass is 32.2. The minimum Gasteiger partial charge on any atom is -0.327 e. The molecule has 26 heavy (non-hydrogen) atoms. The number of piperazine rings is 1. The Morgan fingerprint density at radius 1 is 1.15 bits per heavy atom. The maximum absolute atomic E-state index is 12.2. The summed E-state index contributed by atoms with van der Waals surface area (Å²) >= 11 is 0. The van der Waals surface area contributed by atoms with Gasteiger partial charge in [-0.05, 0) is 25.1 Å². The Balaban J connectivity index is 1.66. The van der Waals surface area contributed by atoms with Crippen LogP contribution in [0, 0.1) is 5.92 Å². The van der Waals surface area contributed by atoms with Crippen LogP contribution < -0.4 is 0 Å². The Labute approximate surface area is 155 Å². The van der Waals surface area contributed by atoms with Crippen LogP contribution in [0.15, 0.2) is 24.3 Å². The quantitative estimate of drug-likeness (QED) is 0.811. The van der Waals surface area contributed by atoms with Crippen LogP contribution in [0.4, 0.5) is 0 Å². The van der Waals surface area contributed by atoms with E-state index in [4.69, 9.17) is 4.98 Å². The Morgan fingerprint density at radius 3 is 2.65 bits per heavy atom. The number of aromatic nitrogens is 2. The van der Waals surface area contributed by atoms with Crippen molar-refractivity contribution in [3.05, 3.63) is 30.1 Å². The van der Waals surface area contributed by atoms with E-state index in [2.05, 4.69) is 46.4 Å². The molecule has 142 valence electrons. The van der Waals surface area contributed by atoms with Crippen LogP contribution in [-0.2, 0) is 22.9 Å². The molecule has 2 aliphatic rings. The zero-order valence-electron chi connectivity index (χ0n) is 15.8. The van der Waals surface area contributed by atoms with E-state index in [9.17, 15) is 8.42 Å². The molecule has 0 amide bonds. The van der Waals surface area contributed by atoms with Gasteiger partial charge in [-0.1, -0.05) is 26.0 Å². The van der Waals surface area contributed by atoms with Gasteiger partial charge in [0, 0.05) is 31.7 Å². The first kappa shape index (κ1) is 17.9. The summed E-state index contributed by atoms with van der Waals surface area (Å²) in [6.07, 6.45) is 0. The van der Waals surface area contributed by atoms with E-state index in [1.807, 2.05) is 13.1 Å². The molecule has 3 heterocycles. The first-order chi connectivity index (χ1) is 12.3. The van der Waals surface area contributed by atoms with Gasteiger partial charge in [0.15, 0.2) is 9.84 Å². The summed E-state index contributed by atoms with van der Waals surface area (Å²) in [5, 5.41) is 0. The fourth-order valence-corrected chi connectivity index (χ4v) is 6.48. The molecule has 2 atom stereocenters. The van der Waals surface area contributed by atoms with Crippen molar-refractivity contribution < 1.29 is 8.42 Å². The van der Waals surface area contributed by atoms with Gasteiger partial charge >= 0.3 is 0 Å². The van der Waals surface area contributed by atoms with Crippen LogP contribution in [0.5, 0.6) is 0 Å². The summed E-state index contributed by atoms with van der Waals surface area (Å²) in [5.74, 6) is 2.13. The third-order valence-electron chi connectivity index (χ3n) is 5.69. The average Bonchev–Trinajstić information content (AvgIpc) is 3.08. The van der Waals surface area contributed by atoms with Crippen LogP contribution in [0.3, 0.4) is 0 Å². The van der Waals surface area contributed by atoms with Gasteiger partial charge in [-0.15, -0.1) is 0 Å². The van der Waals surface area contributed by atoms with Crippen LogP contribution in [0.2, 0.25) is 0 Å². The highest BCUT2D eigenvalue weighted by Gasteiger charge is 2.45. The number of para-hydroxylation sites is 2. The lowest BCUT2D eigenvalue weighted by molar-refractivity contribution is 0.0547. The highest BCUT2D eigenvalue weighted by Crippen LogP contribution is 2.28. The number of likely N-dealkylation sites (N-methyl/N-ethyl adjacent to an activating group) is 1. The Bertz CT molecular complexity index is 905. The minimum absolute atomic E-state index is 0.0751. The normalized spacial score (nSPS) is 26.6. The monoisotopic (exact) mass is 376 g/mol. The number of rotatable bonds is 4. The standard InChI is InChI=1S/C19H28N4O2S/c1-14(2)10-23-16-7-5-4-6-15(16)20-19(23)11-22-9-8-21(3)17-12-26(24,25)13-18(17)22/h4-7,14,17-18H,8-13H2,1-3H3. The van der Waals surface area contributed by atoms with Crippen LogP contribution >= 0.6 is 0 Å². The number of benzene rings is 1. The molecule has 0 saturated carbocycles. The number of sulfone groups is 1. The Morgan fingerprint density at radius 2 is 1.88 bits per heavy atom. The molecular formula is C19H28N4O2S. The third-order valence-corrected chi connectivity index (χ3v) is 7.39. The fourth-order valence-electron chi connectivity index (χ4n) is 4.39. The fraction of sp³-hybridized carbons (Fsp3) is 0.632. The second-order valence-electron chi connectivity index (χ2n) is 8.18. The molecule has 0 bridgehead atoms. The molecule has 1 aromatic heterocycles. The highest BCUT2D eigenvalue weighted by molar-refractivity contribution is 7.91. The predicted octanol–water partition coefficient (Wildman–Crippen LogP) is 1.61. The van der Waals surface area contributed by atoms with Crippen molar-refractivity contribution in [2.24, 2.45) is 5.92 Å². The molecule has 2 aliphatic heterocycles. The molecule has 7 heteroatoms. The average molecular weight is 377 g/mol. The lowest BCUT2D eigenvalue weighted by atomic mass is 10.1. The van der Waals surface area contributed by atoms with E-state index >= 15 is 0 Å². The maximum Gasteiger partial charge on any atom is 0.153 e. The van der Waals surface area contributed by atoms with Gasteiger partial charge in [0.2, 0.25) is 0 Å². The van der Waals surface area contributed by atoms with Crippen LogP contribution in [0.1, 0.15) is 19.7 Å². The van der Waals surface area contributed by atoms with Crippen molar-refractivity contribution in [3.63, 3.8) is 0 Å². The number of hydrogen-bond acceptors (Lipinski definition) is 5. The summed E-state index contributed by atoms with van der Waals surface area (Å²) < 4.78 is 26.8. The van der Waals surface area contributed by atoms with Crippen molar-refractivity contribution in [1.82, 2.24) is 19.4 Å². The largest absolute Gasteiger partial charge is 0.327 e. The van der Waals surface area contributed by atoms with Gasteiger partial charge in [0.25, 0.3) is 0 Å². The molecule has 2 unspecified atom stereocenters. The molecule has 2 aromatic rings. The van der Waals surface area contributed by atoms with Crippen molar-refractivity contribution in [1.29, 1.82) is 0 Å². The van der Waals surface area contributed by atoms with Gasteiger partial charge in [0.05, 0.1) is 29.1 Å². The smallest absolute Gasteiger partial charge is 0.153 e. The van der Waals surface area contributed by atoms with Gasteiger partial charge in [0.1, 0.15) is 5.82 Å². The second kappa shape index (κ2) is 6.62. The van der Waals surface area contributed by atoms with Crippen molar-refractivity contribution in [2.75, 3.05) is 31.6 Å². The summed E-state index contributed by atoms with van der Waals surface area (Å²) in [7, 11) is -0.906. The number of hydrogen-bond donors (Lipinski definition) is 0. The van der Waals surface area contributed by atoms with Gasteiger partial charge < -0.3 is 4.57 Å². The molecule has 1 aromatic carbocycles. The van der Waals surface area contributed by atoms with E-state index in [0.29, 0.717) is 12.5 Å². The predicted molar refractivity (Wildman–Crippen MR) is 104 cm³/mol. The molecule has 0 radical (unpaired) electrons. The SMILES string of the molecule is CC(C)Cn1c(CN2CCN(C)C3CS(=O)(=O)CC32)nc2ccccc21. The first-order valence-electron chi connectivity index (χ1n) is 9.43. The van der Waals surface area contributed by atoms with Gasteiger partial charge in [-0.3, -0.25) is 9.80 Å². The zero-order valence-corrected chi connectivity index (χ0v) is 16.6. The second-order valence-corrected chi connectivity index (χ2v) is 10.3. The van der Waals surface area contributed by atoms with E-state index < -0.39 is 9.84 Å². The van der Waals surface area contributed by atoms with Crippen molar-refractivity contribution in [2.45, 2.75) is 39.0 Å². The molecule has 4 rings (SSSR count). The molecule has 6 nitrogen and oxygen atoms in total. The van der Waals surface area contributed by atoms with E-state index in [-0.39, 0.29) is 23.6 Å². The molecule has 2 saturated heterocycles. The van der Waals surface area contributed by atoms with Crippen molar-refractivity contribution in [3.8, 4) is 0 Å². The van der Waals surface area contributed by atoms with Gasteiger partial charge in [-0.2, -0.15) is 0 Å². The minimum atomic E-state index is -2.95. The van der Waals surface area contributed by atoms with Crippen LogP contribution in [-0.4, -0.2) is 71.5 Å². The third kappa shape index (κ3) is 3.28. The lowest BCUT2D eigenvalue weighted by Gasteiger charge is -2.42. The molecule has 2 fully saturated rings. The topological polar surface area (TPSA) is 58.4 Å². The molecular weight excluding hydrogens is 348 g/mol. The molecule has 0 aliphatic carbocycles. The summed E-state index contributed by atoms with van der Waals surface area (Å²) in [5.41, 5.74) is 2.19. The van der Waals surface area contributed by atoms with Crippen molar-refractivity contribution >= 4 is 20.9 Å². The zero-order chi connectivity index (χ0) is 18.5. The molecule has 0 spiro atoms.